The topological polar surface area (TPSA) is 58.4 Å². The molecule has 2 atom stereocenters. The minimum absolute atomic E-state index is 0.272. The van der Waals surface area contributed by atoms with Gasteiger partial charge in [-0.3, -0.25) is 9.69 Å². The van der Waals surface area contributed by atoms with Crippen LogP contribution in [0.1, 0.15) is 41.6 Å². The third-order valence-electron chi connectivity index (χ3n) is 3.92. The highest BCUT2D eigenvalue weighted by Gasteiger charge is 2.30. The second kappa shape index (κ2) is 7.09. The number of halogens is 2. The smallest absolute Gasteiger partial charge is 0.242 e. The van der Waals surface area contributed by atoms with Gasteiger partial charge in [0.05, 0.1) is 17.3 Å². The number of hydrogen-bond donors (Lipinski definition) is 1. The minimum Gasteiger partial charge on any atom is -0.361 e. The van der Waals surface area contributed by atoms with Crippen LogP contribution in [0.3, 0.4) is 0 Å². The van der Waals surface area contributed by atoms with Crippen molar-refractivity contribution in [1.29, 1.82) is 0 Å². The van der Waals surface area contributed by atoms with E-state index in [-0.39, 0.29) is 5.56 Å². The summed E-state index contributed by atoms with van der Waals surface area (Å²) < 4.78 is 33.3. The van der Waals surface area contributed by atoms with Crippen LogP contribution < -0.4 is 5.32 Å². The van der Waals surface area contributed by atoms with Crippen molar-refractivity contribution >= 4 is 5.91 Å². The number of carbonyl (C=O) groups is 1. The van der Waals surface area contributed by atoms with Crippen molar-refractivity contribution in [2.75, 3.05) is 14.1 Å². The van der Waals surface area contributed by atoms with Crippen molar-refractivity contribution in [1.82, 2.24) is 15.4 Å². The fourth-order valence-corrected chi connectivity index (χ4v) is 2.87. The number of benzene rings is 1. The van der Waals surface area contributed by atoms with Gasteiger partial charge in [0.25, 0.3) is 0 Å². The standard InChI is InChI=1S/C17H21F2N3O2/c1-9(14-10(2)21-24-11(14)3)20-17(23)16(22(4)5)15-12(18)7-6-8-13(15)19/h6-9,16H,1-5H3,(H,20,23)/t9-,16+/m1/s1. The molecular formula is C17H21F2N3O2. The summed E-state index contributed by atoms with van der Waals surface area (Å²) in [5, 5.41) is 6.64. The molecule has 0 unspecified atom stereocenters. The summed E-state index contributed by atoms with van der Waals surface area (Å²) in [7, 11) is 3.19. The fourth-order valence-electron chi connectivity index (χ4n) is 2.87. The average Bonchev–Trinajstić information content (AvgIpc) is 2.81. The lowest BCUT2D eigenvalue weighted by atomic mass is 10.0. The van der Waals surface area contributed by atoms with Crippen molar-refractivity contribution < 1.29 is 18.1 Å². The Hall–Kier alpha value is -2.28. The molecule has 2 aromatic rings. The number of aryl methyl sites for hydroxylation is 2. The normalized spacial score (nSPS) is 13.8. The van der Waals surface area contributed by atoms with Crippen molar-refractivity contribution in [2.24, 2.45) is 0 Å². The van der Waals surface area contributed by atoms with Crippen LogP contribution in [0.25, 0.3) is 0 Å². The first kappa shape index (κ1) is 18.1. The highest BCUT2D eigenvalue weighted by molar-refractivity contribution is 5.83. The van der Waals surface area contributed by atoms with E-state index in [0.717, 1.165) is 17.7 Å². The molecule has 0 bridgehead atoms. The molecule has 1 amide bonds. The lowest BCUT2D eigenvalue weighted by molar-refractivity contribution is -0.126. The Morgan fingerprint density at radius 2 is 1.79 bits per heavy atom. The number of carbonyl (C=O) groups excluding carboxylic acids is 1. The van der Waals surface area contributed by atoms with Gasteiger partial charge in [0.2, 0.25) is 5.91 Å². The van der Waals surface area contributed by atoms with Gasteiger partial charge in [-0.25, -0.2) is 8.78 Å². The van der Waals surface area contributed by atoms with Gasteiger partial charge in [-0.05, 0) is 47.0 Å². The van der Waals surface area contributed by atoms with Crippen molar-refractivity contribution in [2.45, 2.75) is 32.9 Å². The van der Waals surface area contributed by atoms with Crippen LogP contribution in [0.2, 0.25) is 0 Å². The van der Waals surface area contributed by atoms with Gasteiger partial charge in [0.15, 0.2) is 0 Å². The molecule has 2 rings (SSSR count). The first-order valence-electron chi connectivity index (χ1n) is 7.57. The molecule has 0 saturated heterocycles. The van der Waals surface area contributed by atoms with Crippen LogP contribution in [0, 0.1) is 25.5 Å². The van der Waals surface area contributed by atoms with Gasteiger partial charge in [-0.2, -0.15) is 0 Å². The molecule has 0 aliphatic heterocycles. The molecule has 7 heteroatoms. The largest absolute Gasteiger partial charge is 0.361 e. The van der Waals surface area contributed by atoms with Gasteiger partial charge < -0.3 is 9.84 Å². The maximum absolute atomic E-state index is 14.1. The third kappa shape index (κ3) is 3.46. The second-order valence-corrected chi connectivity index (χ2v) is 5.97. The summed E-state index contributed by atoms with van der Waals surface area (Å²) in [5.41, 5.74) is 1.15. The second-order valence-electron chi connectivity index (χ2n) is 5.97. The van der Waals surface area contributed by atoms with E-state index in [1.807, 2.05) is 0 Å². The molecule has 0 fully saturated rings. The van der Waals surface area contributed by atoms with Gasteiger partial charge in [-0.1, -0.05) is 11.2 Å². The van der Waals surface area contributed by atoms with Gasteiger partial charge >= 0.3 is 0 Å². The van der Waals surface area contributed by atoms with Crippen LogP contribution in [0.15, 0.2) is 22.7 Å². The molecule has 0 aliphatic rings. The minimum atomic E-state index is -1.09. The first-order valence-corrected chi connectivity index (χ1v) is 7.57. The SMILES string of the molecule is Cc1noc(C)c1[C@@H](C)NC(=O)[C@H](c1c(F)cccc1F)N(C)C. The molecule has 130 valence electrons. The number of nitrogens with one attached hydrogen (secondary N) is 1. The van der Waals surface area contributed by atoms with Crippen LogP contribution in [-0.4, -0.2) is 30.1 Å². The zero-order valence-corrected chi connectivity index (χ0v) is 14.4. The van der Waals surface area contributed by atoms with Crippen LogP contribution in [-0.2, 0) is 4.79 Å². The Kier molecular flexibility index (Phi) is 5.33. The summed E-state index contributed by atoms with van der Waals surface area (Å²) in [6.45, 7) is 5.29. The number of hydrogen-bond acceptors (Lipinski definition) is 4. The fraction of sp³-hybridized carbons (Fsp3) is 0.412. The number of likely N-dealkylation sites (N-methyl/N-ethyl adjacent to an activating group) is 1. The molecule has 5 nitrogen and oxygen atoms in total. The highest BCUT2D eigenvalue weighted by Crippen LogP contribution is 2.27. The third-order valence-corrected chi connectivity index (χ3v) is 3.92. The van der Waals surface area contributed by atoms with E-state index in [0.29, 0.717) is 11.5 Å². The summed E-state index contributed by atoms with van der Waals surface area (Å²) >= 11 is 0. The number of amides is 1. The monoisotopic (exact) mass is 337 g/mol. The maximum atomic E-state index is 14.1. The molecule has 0 radical (unpaired) electrons. The van der Waals surface area contributed by atoms with Gasteiger partial charge in [-0.15, -0.1) is 0 Å². The lowest BCUT2D eigenvalue weighted by Gasteiger charge is -2.26. The van der Waals surface area contributed by atoms with E-state index in [4.69, 9.17) is 4.52 Å². The van der Waals surface area contributed by atoms with Crippen molar-refractivity contribution in [3.63, 3.8) is 0 Å². The number of rotatable bonds is 5. The molecule has 24 heavy (non-hydrogen) atoms. The lowest BCUT2D eigenvalue weighted by Crippen LogP contribution is -2.39. The Bertz CT molecular complexity index is 704. The number of nitrogens with zero attached hydrogens (tertiary/aromatic N) is 2. The van der Waals surface area contributed by atoms with E-state index in [1.165, 1.54) is 11.0 Å². The predicted molar refractivity (Wildman–Crippen MR) is 85.3 cm³/mol. The Balaban J connectivity index is 2.31. The Labute approximate surface area is 139 Å². The Morgan fingerprint density at radius 3 is 2.25 bits per heavy atom. The van der Waals surface area contributed by atoms with E-state index < -0.39 is 29.6 Å². The van der Waals surface area contributed by atoms with Crippen LogP contribution in [0.4, 0.5) is 8.78 Å². The predicted octanol–water partition coefficient (Wildman–Crippen LogP) is 3.05. The summed E-state index contributed by atoms with van der Waals surface area (Å²) in [6, 6.07) is 2.06. The first-order chi connectivity index (χ1) is 11.2. The molecule has 1 heterocycles. The van der Waals surface area contributed by atoms with Crippen molar-refractivity contribution in [3.8, 4) is 0 Å². The van der Waals surface area contributed by atoms with E-state index in [1.54, 1.807) is 34.9 Å². The number of aromatic nitrogens is 1. The summed E-state index contributed by atoms with van der Waals surface area (Å²) in [5.74, 6) is -1.42. The molecular weight excluding hydrogens is 316 g/mol. The van der Waals surface area contributed by atoms with E-state index >= 15 is 0 Å². The summed E-state index contributed by atoms with van der Waals surface area (Å²) in [4.78, 5) is 14.1. The van der Waals surface area contributed by atoms with Crippen LogP contribution in [0.5, 0.6) is 0 Å². The maximum Gasteiger partial charge on any atom is 0.242 e. The molecule has 0 aliphatic carbocycles. The zero-order valence-electron chi connectivity index (χ0n) is 14.4. The van der Waals surface area contributed by atoms with Crippen LogP contribution >= 0.6 is 0 Å². The van der Waals surface area contributed by atoms with E-state index in [2.05, 4.69) is 10.5 Å². The van der Waals surface area contributed by atoms with Gasteiger partial charge in [0, 0.05) is 5.56 Å². The van der Waals surface area contributed by atoms with Gasteiger partial charge in [0.1, 0.15) is 23.4 Å². The molecule has 0 saturated carbocycles. The Morgan fingerprint density at radius 1 is 1.21 bits per heavy atom. The zero-order chi connectivity index (χ0) is 18.0. The van der Waals surface area contributed by atoms with E-state index in [9.17, 15) is 13.6 Å². The quantitative estimate of drug-likeness (QED) is 0.911. The van der Waals surface area contributed by atoms with Crippen molar-refractivity contribution in [3.05, 3.63) is 52.4 Å². The molecule has 1 aromatic heterocycles. The average molecular weight is 337 g/mol. The summed E-state index contributed by atoms with van der Waals surface area (Å²) in [6.07, 6.45) is 0. The molecule has 1 aromatic carbocycles. The highest BCUT2D eigenvalue weighted by atomic mass is 19.1. The molecule has 1 N–H and O–H groups in total. The molecule has 0 spiro atoms.